The van der Waals surface area contributed by atoms with Crippen molar-refractivity contribution in [1.29, 1.82) is 0 Å². The molecule has 0 heterocycles. The lowest BCUT2D eigenvalue weighted by molar-refractivity contribution is 1.54. The quantitative estimate of drug-likeness (QED) is 0.255. The molecule has 0 fully saturated rings. The van der Waals surface area contributed by atoms with Gasteiger partial charge in [0.2, 0.25) is 0 Å². The average Bonchev–Trinajstić information content (AvgIpc) is 2.89. The summed E-state index contributed by atoms with van der Waals surface area (Å²) in [6, 6.07) is 47.0. The van der Waals surface area contributed by atoms with Gasteiger partial charge in [0.05, 0.1) is 0 Å². The lowest BCUT2D eigenvalue weighted by Crippen LogP contribution is -1.93. The van der Waals surface area contributed by atoms with Crippen LogP contribution in [0.4, 0.5) is 0 Å². The van der Waals surface area contributed by atoms with Crippen LogP contribution in [-0.2, 0) is 0 Å². The first-order valence-electron chi connectivity index (χ1n) is 11.0. The molecule has 152 valence electrons. The van der Waals surface area contributed by atoms with Crippen molar-refractivity contribution >= 4 is 12.2 Å². The standard InChI is InChI=1S/C32H24/c1-5-13-25(14-6-1)21-22-31-29(26-15-7-2-8-16-26)23-24-30(27-17-9-3-10-18-27)32(31)28-19-11-4-12-20-28/h1-24H. The van der Waals surface area contributed by atoms with Crippen LogP contribution in [0.3, 0.4) is 0 Å². The van der Waals surface area contributed by atoms with E-state index in [2.05, 4.69) is 146 Å². The van der Waals surface area contributed by atoms with Crippen LogP contribution in [0, 0.1) is 0 Å². The molecule has 0 aliphatic heterocycles. The highest BCUT2D eigenvalue weighted by Gasteiger charge is 2.15. The number of hydrogen-bond acceptors (Lipinski definition) is 0. The van der Waals surface area contributed by atoms with Gasteiger partial charge in [0, 0.05) is 0 Å². The number of hydrogen-bond donors (Lipinski definition) is 0. The molecule has 0 saturated carbocycles. The first-order valence-corrected chi connectivity index (χ1v) is 11.0. The Morgan fingerprint density at radius 1 is 0.344 bits per heavy atom. The van der Waals surface area contributed by atoms with Crippen LogP contribution in [-0.4, -0.2) is 0 Å². The molecule has 0 bridgehead atoms. The maximum absolute atomic E-state index is 2.27. The second-order valence-corrected chi connectivity index (χ2v) is 7.79. The van der Waals surface area contributed by atoms with Gasteiger partial charge in [-0.2, -0.15) is 0 Å². The minimum absolute atomic E-state index is 1.19. The monoisotopic (exact) mass is 408 g/mol. The molecule has 0 aliphatic rings. The second kappa shape index (κ2) is 9.32. The third-order valence-corrected chi connectivity index (χ3v) is 5.72. The first kappa shape index (κ1) is 19.8. The number of benzene rings is 5. The molecular formula is C32H24. The fourth-order valence-electron chi connectivity index (χ4n) is 4.18. The molecule has 0 atom stereocenters. The molecule has 0 saturated heterocycles. The van der Waals surface area contributed by atoms with E-state index in [0.29, 0.717) is 0 Å². The summed E-state index contributed by atoms with van der Waals surface area (Å²) in [7, 11) is 0. The van der Waals surface area contributed by atoms with Crippen LogP contribution in [0.1, 0.15) is 11.1 Å². The van der Waals surface area contributed by atoms with Crippen molar-refractivity contribution in [2.24, 2.45) is 0 Å². The third kappa shape index (κ3) is 4.17. The molecule has 0 aromatic heterocycles. The van der Waals surface area contributed by atoms with Gasteiger partial charge in [0.1, 0.15) is 0 Å². The first-order chi connectivity index (χ1) is 15.9. The molecule has 0 spiro atoms. The average molecular weight is 409 g/mol. The Balaban J connectivity index is 1.81. The van der Waals surface area contributed by atoms with Gasteiger partial charge in [-0.15, -0.1) is 0 Å². The minimum Gasteiger partial charge on any atom is -0.0622 e. The SMILES string of the molecule is C(=Cc1c(-c2ccccc2)ccc(-c2ccccc2)c1-c1ccccc1)c1ccccc1. The van der Waals surface area contributed by atoms with Gasteiger partial charge < -0.3 is 0 Å². The lowest BCUT2D eigenvalue weighted by atomic mass is 9.85. The molecule has 0 aliphatic carbocycles. The van der Waals surface area contributed by atoms with Crippen LogP contribution >= 0.6 is 0 Å². The highest BCUT2D eigenvalue weighted by atomic mass is 14.2. The van der Waals surface area contributed by atoms with Crippen molar-refractivity contribution in [2.75, 3.05) is 0 Å². The Morgan fingerprint density at radius 3 is 1.34 bits per heavy atom. The van der Waals surface area contributed by atoms with Crippen molar-refractivity contribution in [2.45, 2.75) is 0 Å². The van der Waals surface area contributed by atoms with E-state index >= 15 is 0 Å². The molecule has 0 amide bonds. The van der Waals surface area contributed by atoms with Crippen LogP contribution in [0.15, 0.2) is 133 Å². The van der Waals surface area contributed by atoms with E-state index in [-0.39, 0.29) is 0 Å². The van der Waals surface area contributed by atoms with E-state index in [1.165, 1.54) is 44.5 Å². The highest BCUT2D eigenvalue weighted by Crippen LogP contribution is 2.41. The van der Waals surface area contributed by atoms with E-state index in [4.69, 9.17) is 0 Å². The highest BCUT2D eigenvalue weighted by molar-refractivity contribution is 5.97. The molecule has 0 N–H and O–H groups in total. The fourth-order valence-corrected chi connectivity index (χ4v) is 4.18. The van der Waals surface area contributed by atoms with Crippen molar-refractivity contribution in [3.8, 4) is 33.4 Å². The number of rotatable bonds is 5. The van der Waals surface area contributed by atoms with Gasteiger partial charge >= 0.3 is 0 Å². The minimum atomic E-state index is 1.19. The maximum atomic E-state index is 2.27. The molecule has 32 heavy (non-hydrogen) atoms. The zero-order valence-corrected chi connectivity index (χ0v) is 17.9. The van der Waals surface area contributed by atoms with Crippen LogP contribution in [0.5, 0.6) is 0 Å². The smallest absolute Gasteiger partial charge is 0.00266 e. The normalized spacial score (nSPS) is 11.0. The molecular weight excluding hydrogens is 384 g/mol. The fraction of sp³-hybridized carbons (Fsp3) is 0. The van der Waals surface area contributed by atoms with Gasteiger partial charge in [-0.25, -0.2) is 0 Å². The molecule has 0 heteroatoms. The molecule has 0 nitrogen and oxygen atoms in total. The van der Waals surface area contributed by atoms with Crippen molar-refractivity contribution in [1.82, 2.24) is 0 Å². The van der Waals surface area contributed by atoms with Crippen LogP contribution < -0.4 is 0 Å². The maximum Gasteiger partial charge on any atom is -0.00266 e. The summed E-state index contributed by atoms with van der Waals surface area (Å²) in [4.78, 5) is 0. The van der Waals surface area contributed by atoms with E-state index in [0.717, 1.165) is 0 Å². The van der Waals surface area contributed by atoms with Gasteiger partial charge in [-0.3, -0.25) is 0 Å². The summed E-state index contributed by atoms with van der Waals surface area (Å²) in [5, 5.41) is 0. The largest absolute Gasteiger partial charge is 0.0622 e. The van der Waals surface area contributed by atoms with Gasteiger partial charge in [-0.1, -0.05) is 146 Å². The molecule has 5 rings (SSSR count). The summed E-state index contributed by atoms with van der Waals surface area (Å²) in [6.07, 6.45) is 4.48. The summed E-state index contributed by atoms with van der Waals surface area (Å²) < 4.78 is 0. The summed E-state index contributed by atoms with van der Waals surface area (Å²) in [6.45, 7) is 0. The summed E-state index contributed by atoms with van der Waals surface area (Å²) in [5.41, 5.74) is 9.81. The molecule has 0 radical (unpaired) electrons. The Labute approximate surface area is 190 Å². The molecule has 5 aromatic carbocycles. The van der Waals surface area contributed by atoms with Gasteiger partial charge in [0.25, 0.3) is 0 Å². The van der Waals surface area contributed by atoms with Gasteiger partial charge in [-0.05, 0) is 44.5 Å². The predicted octanol–water partition coefficient (Wildman–Crippen LogP) is 8.86. The predicted molar refractivity (Wildman–Crippen MR) is 138 cm³/mol. The Bertz CT molecular complexity index is 1320. The van der Waals surface area contributed by atoms with E-state index in [9.17, 15) is 0 Å². The van der Waals surface area contributed by atoms with Crippen molar-refractivity contribution in [3.63, 3.8) is 0 Å². The zero-order chi connectivity index (χ0) is 21.6. The third-order valence-electron chi connectivity index (χ3n) is 5.72. The molecule has 5 aromatic rings. The van der Waals surface area contributed by atoms with E-state index < -0.39 is 0 Å². The van der Waals surface area contributed by atoms with Crippen LogP contribution in [0.25, 0.3) is 45.5 Å². The Hall–Kier alpha value is -4.16. The van der Waals surface area contributed by atoms with Crippen molar-refractivity contribution < 1.29 is 0 Å². The topological polar surface area (TPSA) is 0 Å². The Morgan fingerprint density at radius 2 is 0.781 bits per heavy atom. The van der Waals surface area contributed by atoms with E-state index in [1.54, 1.807) is 0 Å². The van der Waals surface area contributed by atoms with Crippen LogP contribution in [0.2, 0.25) is 0 Å². The van der Waals surface area contributed by atoms with Gasteiger partial charge in [0.15, 0.2) is 0 Å². The Kier molecular flexibility index (Phi) is 5.76. The summed E-state index contributed by atoms with van der Waals surface area (Å²) >= 11 is 0. The summed E-state index contributed by atoms with van der Waals surface area (Å²) in [5.74, 6) is 0. The zero-order valence-electron chi connectivity index (χ0n) is 17.9. The molecule has 0 unspecified atom stereocenters. The second-order valence-electron chi connectivity index (χ2n) is 7.79. The van der Waals surface area contributed by atoms with E-state index in [1.807, 2.05) is 0 Å². The van der Waals surface area contributed by atoms with Crippen molar-refractivity contribution in [3.05, 3.63) is 145 Å². The lowest BCUT2D eigenvalue weighted by Gasteiger charge is -2.18.